The molecule has 0 spiro atoms. The van der Waals surface area contributed by atoms with Gasteiger partial charge in [0.05, 0.1) is 11.1 Å². The Balaban J connectivity index is 1.33. The topological polar surface area (TPSA) is 16.4 Å². The summed E-state index contributed by atoms with van der Waals surface area (Å²) in [6.07, 6.45) is 0. The van der Waals surface area contributed by atoms with Crippen LogP contribution in [0.5, 0.6) is 0 Å². The van der Waals surface area contributed by atoms with E-state index in [1.807, 2.05) is 0 Å². The fourth-order valence-electron chi connectivity index (χ4n) is 8.93. The zero-order chi connectivity index (χ0) is 37.1. The highest BCUT2D eigenvalue weighted by Gasteiger charge is 2.48. The van der Waals surface area contributed by atoms with E-state index in [-0.39, 0.29) is 5.41 Å². The van der Waals surface area contributed by atoms with E-state index in [2.05, 4.69) is 220 Å². The molecule has 10 rings (SSSR count). The van der Waals surface area contributed by atoms with E-state index >= 15 is 0 Å². The summed E-state index contributed by atoms with van der Waals surface area (Å²) in [7, 11) is 0. The van der Waals surface area contributed by atoms with Gasteiger partial charge in [0.2, 0.25) is 0 Å². The first-order valence-electron chi connectivity index (χ1n) is 19.2. The highest BCUT2D eigenvalue weighted by molar-refractivity contribution is 6.19. The largest absolute Gasteiger partial charge is 0.454 e. The van der Waals surface area contributed by atoms with Crippen molar-refractivity contribution in [2.24, 2.45) is 0 Å². The lowest BCUT2D eigenvalue weighted by molar-refractivity contribution is 0.590. The standard InChI is InChI=1S/C53H41NO/c1-52(2,3)38-29-33-42(34-30-38)54(41-31-27-37(28-32-41)36-17-7-4-8-18-36)47-35-46-49(50-44-24-14-16-26-48(44)55-51(47)50)43-23-13-15-25-45(43)53(46,39-19-9-5-10-20-39)40-21-11-6-12-22-40/h4-35H,1-3H3. The van der Waals surface area contributed by atoms with E-state index in [0.29, 0.717) is 0 Å². The van der Waals surface area contributed by atoms with E-state index in [4.69, 9.17) is 4.42 Å². The molecular formula is C53H41NO. The second kappa shape index (κ2) is 12.7. The summed E-state index contributed by atoms with van der Waals surface area (Å²) in [5, 5.41) is 2.26. The van der Waals surface area contributed by atoms with Gasteiger partial charge in [0.25, 0.3) is 0 Å². The molecule has 0 aliphatic heterocycles. The zero-order valence-electron chi connectivity index (χ0n) is 31.3. The van der Waals surface area contributed by atoms with Crippen LogP contribution < -0.4 is 4.90 Å². The van der Waals surface area contributed by atoms with Crippen molar-refractivity contribution in [3.8, 4) is 22.3 Å². The first kappa shape index (κ1) is 33.0. The molecule has 0 saturated heterocycles. The van der Waals surface area contributed by atoms with E-state index in [1.54, 1.807) is 0 Å². The Hall–Kier alpha value is -6.64. The van der Waals surface area contributed by atoms with Gasteiger partial charge in [-0.15, -0.1) is 0 Å². The van der Waals surface area contributed by atoms with Crippen LogP contribution in [0.2, 0.25) is 0 Å². The highest BCUT2D eigenvalue weighted by atomic mass is 16.3. The molecule has 1 aromatic heterocycles. The first-order valence-corrected chi connectivity index (χ1v) is 19.2. The van der Waals surface area contributed by atoms with Crippen LogP contribution in [-0.4, -0.2) is 0 Å². The smallest absolute Gasteiger partial charge is 0.160 e. The average Bonchev–Trinajstić information content (AvgIpc) is 3.76. The number of anilines is 3. The van der Waals surface area contributed by atoms with Gasteiger partial charge in [0.1, 0.15) is 5.58 Å². The normalized spacial score (nSPS) is 13.1. The Kier molecular flexibility index (Phi) is 7.64. The molecule has 264 valence electrons. The van der Waals surface area contributed by atoms with Gasteiger partial charge in [0, 0.05) is 22.1 Å². The second-order valence-electron chi connectivity index (χ2n) is 15.7. The number of fused-ring (bicyclic) bond motifs is 7. The summed E-state index contributed by atoms with van der Waals surface area (Å²) < 4.78 is 7.06. The van der Waals surface area contributed by atoms with Crippen LogP contribution in [0.3, 0.4) is 0 Å². The summed E-state index contributed by atoms with van der Waals surface area (Å²) in [6.45, 7) is 6.81. The zero-order valence-corrected chi connectivity index (χ0v) is 31.3. The van der Waals surface area contributed by atoms with Crippen molar-refractivity contribution in [3.63, 3.8) is 0 Å². The predicted molar refractivity (Wildman–Crippen MR) is 230 cm³/mol. The molecular weight excluding hydrogens is 667 g/mol. The van der Waals surface area contributed by atoms with Crippen molar-refractivity contribution in [2.45, 2.75) is 31.6 Å². The lowest BCUT2D eigenvalue weighted by atomic mass is 9.67. The van der Waals surface area contributed by atoms with Crippen LogP contribution in [0.25, 0.3) is 44.2 Å². The quantitative estimate of drug-likeness (QED) is 0.171. The Morgan fingerprint density at radius 1 is 0.491 bits per heavy atom. The van der Waals surface area contributed by atoms with Crippen LogP contribution in [0, 0.1) is 0 Å². The van der Waals surface area contributed by atoms with Crippen molar-refractivity contribution >= 4 is 39.0 Å². The molecule has 0 atom stereocenters. The van der Waals surface area contributed by atoms with Crippen LogP contribution in [0.15, 0.2) is 199 Å². The number of furan rings is 1. The van der Waals surface area contributed by atoms with Crippen molar-refractivity contribution in [2.75, 3.05) is 4.90 Å². The summed E-state index contributed by atoms with van der Waals surface area (Å²) in [4.78, 5) is 2.40. The SMILES string of the molecule is CC(C)(C)c1ccc(N(c2ccc(-c3ccccc3)cc2)c2cc3c(c4c2oc2ccccc24)-c2ccccc2C3(c2ccccc2)c2ccccc2)cc1. The van der Waals surface area contributed by atoms with E-state index in [0.717, 1.165) is 39.0 Å². The Morgan fingerprint density at radius 3 is 1.65 bits per heavy atom. The third-order valence-electron chi connectivity index (χ3n) is 11.5. The number of benzene rings is 8. The Morgan fingerprint density at radius 2 is 1.02 bits per heavy atom. The minimum absolute atomic E-state index is 0.0248. The third-order valence-corrected chi connectivity index (χ3v) is 11.5. The molecule has 0 radical (unpaired) electrons. The molecule has 0 fully saturated rings. The number of hydrogen-bond donors (Lipinski definition) is 0. The third kappa shape index (κ3) is 5.16. The van der Waals surface area contributed by atoms with Crippen LogP contribution in [-0.2, 0) is 10.8 Å². The summed E-state index contributed by atoms with van der Waals surface area (Å²) in [5.41, 5.74) is 15.5. The molecule has 1 aliphatic carbocycles. The van der Waals surface area contributed by atoms with Crippen molar-refractivity contribution < 1.29 is 4.42 Å². The molecule has 1 aliphatic rings. The maximum atomic E-state index is 7.06. The number of nitrogens with zero attached hydrogens (tertiary/aromatic N) is 1. The molecule has 2 nitrogen and oxygen atoms in total. The fourth-order valence-corrected chi connectivity index (χ4v) is 8.93. The number of rotatable bonds is 6. The summed E-state index contributed by atoms with van der Waals surface area (Å²) in [5.74, 6) is 0. The molecule has 55 heavy (non-hydrogen) atoms. The molecule has 9 aromatic rings. The van der Waals surface area contributed by atoms with Gasteiger partial charge in [-0.25, -0.2) is 0 Å². The predicted octanol–water partition coefficient (Wildman–Crippen LogP) is 14.4. The summed E-state index contributed by atoms with van der Waals surface area (Å²) in [6, 6.07) is 70.7. The molecule has 0 N–H and O–H groups in total. The number of para-hydroxylation sites is 1. The molecule has 2 heteroatoms. The van der Waals surface area contributed by atoms with E-state index < -0.39 is 5.41 Å². The van der Waals surface area contributed by atoms with Gasteiger partial charge < -0.3 is 9.32 Å². The van der Waals surface area contributed by atoms with Gasteiger partial charge in [0.15, 0.2) is 5.58 Å². The van der Waals surface area contributed by atoms with Crippen LogP contribution in [0.4, 0.5) is 17.1 Å². The van der Waals surface area contributed by atoms with Gasteiger partial charge >= 0.3 is 0 Å². The highest BCUT2D eigenvalue weighted by Crippen LogP contribution is 2.61. The molecule has 8 aromatic carbocycles. The number of hydrogen-bond acceptors (Lipinski definition) is 2. The van der Waals surface area contributed by atoms with Gasteiger partial charge in [-0.05, 0) is 91.9 Å². The van der Waals surface area contributed by atoms with Crippen molar-refractivity contribution in [1.82, 2.24) is 0 Å². The minimum atomic E-state index is -0.575. The van der Waals surface area contributed by atoms with Crippen LogP contribution >= 0.6 is 0 Å². The van der Waals surface area contributed by atoms with E-state index in [9.17, 15) is 0 Å². The monoisotopic (exact) mass is 707 g/mol. The molecule has 0 saturated carbocycles. The van der Waals surface area contributed by atoms with E-state index in [1.165, 1.54) is 50.1 Å². The van der Waals surface area contributed by atoms with Gasteiger partial charge in [-0.3, -0.25) is 0 Å². The van der Waals surface area contributed by atoms with Crippen molar-refractivity contribution in [1.29, 1.82) is 0 Å². The second-order valence-corrected chi connectivity index (χ2v) is 15.7. The molecule has 0 unspecified atom stereocenters. The maximum absolute atomic E-state index is 7.06. The summed E-state index contributed by atoms with van der Waals surface area (Å²) >= 11 is 0. The minimum Gasteiger partial charge on any atom is -0.454 e. The lowest BCUT2D eigenvalue weighted by Crippen LogP contribution is -2.28. The lowest BCUT2D eigenvalue weighted by Gasteiger charge is -2.35. The van der Waals surface area contributed by atoms with Crippen molar-refractivity contribution in [3.05, 3.63) is 222 Å². The fraction of sp³-hybridized carbons (Fsp3) is 0.0943. The molecule has 0 amide bonds. The Labute approximate surface area is 323 Å². The van der Waals surface area contributed by atoms with Crippen LogP contribution in [0.1, 0.15) is 48.6 Å². The first-order chi connectivity index (χ1) is 26.9. The average molecular weight is 708 g/mol. The van der Waals surface area contributed by atoms with Gasteiger partial charge in [-0.2, -0.15) is 0 Å². The van der Waals surface area contributed by atoms with Gasteiger partial charge in [-0.1, -0.05) is 178 Å². The Bertz CT molecular complexity index is 2770. The molecule has 1 heterocycles. The maximum Gasteiger partial charge on any atom is 0.160 e. The molecule has 0 bridgehead atoms.